The number of rotatable bonds is 6. The lowest BCUT2D eigenvalue weighted by Gasteiger charge is -2.10. The van der Waals surface area contributed by atoms with Crippen LogP contribution in [0.2, 0.25) is 0 Å². The Morgan fingerprint density at radius 3 is 2.76 bits per heavy atom. The van der Waals surface area contributed by atoms with Crippen molar-refractivity contribution in [2.45, 2.75) is 26.8 Å². The van der Waals surface area contributed by atoms with Crippen molar-refractivity contribution < 1.29 is 4.79 Å². The molecule has 2 rings (SSSR count). The molecule has 0 unspecified atom stereocenters. The molecule has 5 nitrogen and oxygen atoms in total. The maximum absolute atomic E-state index is 12.2. The van der Waals surface area contributed by atoms with Gasteiger partial charge in [0.1, 0.15) is 0 Å². The number of hydrogen-bond donors (Lipinski definition) is 2. The number of amides is 1. The number of nitrogens with one attached hydrogen (secondary N) is 2. The van der Waals surface area contributed by atoms with E-state index in [4.69, 9.17) is 0 Å². The molecule has 0 spiro atoms. The van der Waals surface area contributed by atoms with Crippen LogP contribution in [-0.4, -0.2) is 22.2 Å². The molecule has 112 valence electrons. The quantitative estimate of drug-likeness (QED) is 0.857. The number of benzene rings is 1. The predicted molar refractivity (Wildman–Crippen MR) is 84.3 cm³/mol. The van der Waals surface area contributed by atoms with Crippen molar-refractivity contribution in [2.75, 3.05) is 11.9 Å². The Morgan fingerprint density at radius 2 is 2.14 bits per heavy atom. The third kappa shape index (κ3) is 4.08. The average molecular weight is 286 g/mol. The number of carbonyl (C=O) groups is 1. The van der Waals surface area contributed by atoms with E-state index >= 15 is 0 Å². The first-order valence-electron chi connectivity index (χ1n) is 7.21. The molecule has 0 radical (unpaired) electrons. The van der Waals surface area contributed by atoms with E-state index < -0.39 is 0 Å². The largest absolute Gasteiger partial charge is 0.385 e. The normalized spacial score (nSPS) is 10.4. The number of carbonyl (C=O) groups excluding carboxylic acids is 1. The smallest absolute Gasteiger partial charge is 0.251 e. The fourth-order valence-corrected chi connectivity index (χ4v) is 2.12. The predicted octanol–water partition coefficient (Wildman–Crippen LogP) is 2.48. The Labute approximate surface area is 125 Å². The van der Waals surface area contributed by atoms with E-state index in [0.717, 1.165) is 29.9 Å². The van der Waals surface area contributed by atoms with Crippen LogP contribution in [0.5, 0.6) is 0 Å². The lowest BCUT2D eigenvalue weighted by molar-refractivity contribution is 0.0950. The zero-order valence-corrected chi connectivity index (χ0v) is 12.8. The Morgan fingerprint density at radius 1 is 1.33 bits per heavy atom. The van der Waals surface area contributed by atoms with Gasteiger partial charge in [-0.25, -0.2) is 0 Å². The first-order valence-corrected chi connectivity index (χ1v) is 7.21. The lowest BCUT2D eigenvalue weighted by Crippen LogP contribution is -2.24. The van der Waals surface area contributed by atoms with Gasteiger partial charge in [-0.1, -0.05) is 6.92 Å². The minimum Gasteiger partial charge on any atom is -0.385 e. The summed E-state index contributed by atoms with van der Waals surface area (Å²) in [5.74, 6) is -0.0693. The van der Waals surface area contributed by atoms with Gasteiger partial charge >= 0.3 is 0 Å². The third-order valence-corrected chi connectivity index (χ3v) is 3.25. The molecular formula is C16H22N4O. The molecule has 0 aliphatic carbocycles. The summed E-state index contributed by atoms with van der Waals surface area (Å²) in [6.07, 6.45) is 2.94. The topological polar surface area (TPSA) is 59.0 Å². The molecule has 1 heterocycles. The molecule has 0 saturated heterocycles. The molecule has 5 heteroatoms. The van der Waals surface area contributed by atoms with Crippen LogP contribution in [0, 0.1) is 6.92 Å². The lowest BCUT2D eigenvalue weighted by atomic mass is 10.1. The van der Waals surface area contributed by atoms with E-state index in [-0.39, 0.29) is 5.91 Å². The van der Waals surface area contributed by atoms with E-state index in [0.29, 0.717) is 12.1 Å². The number of aryl methyl sites for hydroxylation is 2. The summed E-state index contributed by atoms with van der Waals surface area (Å²) in [4.78, 5) is 12.2. The Kier molecular flexibility index (Phi) is 4.98. The van der Waals surface area contributed by atoms with E-state index in [1.165, 1.54) is 0 Å². The van der Waals surface area contributed by atoms with Crippen LogP contribution < -0.4 is 10.6 Å². The molecule has 0 saturated carbocycles. The van der Waals surface area contributed by atoms with Gasteiger partial charge in [-0.2, -0.15) is 5.10 Å². The average Bonchev–Trinajstić information content (AvgIpc) is 2.88. The summed E-state index contributed by atoms with van der Waals surface area (Å²) in [5.41, 5.74) is 3.57. The van der Waals surface area contributed by atoms with Gasteiger partial charge in [-0.15, -0.1) is 0 Å². The number of anilines is 1. The zero-order valence-electron chi connectivity index (χ0n) is 12.8. The molecule has 2 aromatic rings. The van der Waals surface area contributed by atoms with Crippen molar-refractivity contribution in [3.05, 3.63) is 47.3 Å². The highest BCUT2D eigenvalue weighted by molar-refractivity contribution is 5.96. The number of aromatic nitrogens is 2. The highest BCUT2D eigenvalue weighted by Gasteiger charge is 2.09. The summed E-state index contributed by atoms with van der Waals surface area (Å²) >= 11 is 0. The Hall–Kier alpha value is -2.30. The highest BCUT2D eigenvalue weighted by atomic mass is 16.1. The maximum Gasteiger partial charge on any atom is 0.251 e. The van der Waals surface area contributed by atoms with Gasteiger partial charge < -0.3 is 10.6 Å². The molecule has 1 aromatic heterocycles. The van der Waals surface area contributed by atoms with E-state index in [9.17, 15) is 4.79 Å². The molecular weight excluding hydrogens is 264 g/mol. The van der Waals surface area contributed by atoms with Gasteiger partial charge in [0.2, 0.25) is 0 Å². The monoisotopic (exact) mass is 286 g/mol. The first kappa shape index (κ1) is 15.1. The second-order valence-electron chi connectivity index (χ2n) is 5.12. The van der Waals surface area contributed by atoms with Crippen molar-refractivity contribution in [3.8, 4) is 0 Å². The second kappa shape index (κ2) is 6.92. The molecule has 0 bridgehead atoms. The molecule has 1 aromatic carbocycles. The fraction of sp³-hybridized carbons (Fsp3) is 0.375. The van der Waals surface area contributed by atoms with E-state index in [2.05, 4.69) is 22.7 Å². The van der Waals surface area contributed by atoms with Crippen LogP contribution in [-0.2, 0) is 13.6 Å². The van der Waals surface area contributed by atoms with Crippen molar-refractivity contribution in [1.82, 2.24) is 15.1 Å². The summed E-state index contributed by atoms with van der Waals surface area (Å²) in [6.45, 7) is 5.45. The summed E-state index contributed by atoms with van der Waals surface area (Å²) in [6, 6.07) is 7.70. The van der Waals surface area contributed by atoms with Crippen molar-refractivity contribution >= 4 is 11.6 Å². The van der Waals surface area contributed by atoms with Crippen molar-refractivity contribution in [2.24, 2.45) is 7.05 Å². The minimum absolute atomic E-state index is 0.0693. The van der Waals surface area contributed by atoms with Crippen LogP contribution in [0.4, 0.5) is 5.69 Å². The van der Waals surface area contributed by atoms with E-state index in [1.807, 2.05) is 44.4 Å². The standard InChI is InChI=1S/C16H22N4O/c1-4-8-17-13-5-6-15(12(2)10-13)16(21)18-11-14-7-9-20(3)19-14/h5-7,9-10,17H,4,8,11H2,1-3H3,(H,18,21). The fourth-order valence-electron chi connectivity index (χ4n) is 2.12. The van der Waals surface area contributed by atoms with Gasteiger partial charge in [-0.3, -0.25) is 9.48 Å². The van der Waals surface area contributed by atoms with Crippen LogP contribution in [0.3, 0.4) is 0 Å². The summed E-state index contributed by atoms with van der Waals surface area (Å²) < 4.78 is 1.72. The first-order chi connectivity index (χ1) is 10.1. The highest BCUT2D eigenvalue weighted by Crippen LogP contribution is 2.15. The molecule has 0 aliphatic heterocycles. The van der Waals surface area contributed by atoms with Gasteiger partial charge in [0.05, 0.1) is 12.2 Å². The van der Waals surface area contributed by atoms with Crippen molar-refractivity contribution in [3.63, 3.8) is 0 Å². The zero-order chi connectivity index (χ0) is 15.2. The van der Waals surface area contributed by atoms with Crippen LogP contribution in [0.1, 0.15) is 35.0 Å². The molecule has 2 N–H and O–H groups in total. The van der Waals surface area contributed by atoms with Crippen LogP contribution in [0.15, 0.2) is 30.5 Å². The number of hydrogen-bond acceptors (Lipinski definition) is 3. The SMILES string of the molecule is CCCNc1ccc(C(=O)NCc2ccn(C)n2)c(C)c1. The van der Waals surface area contributed by atoms with Crippen LogP contribution >= 0.6 is 0 Å². The Balaban J connectivity index is 1.98. The number of nitrogens with zero attached hydrogens (tertiary/aromatic N) is 2. The molecule has 0 fully saturated rings. The second-order valence-corrected chi connectivity index (χ2v) is 5.12. The van der Waals surface area contributed by atoms with Gasteiger partial charge in [0, 0.05) is 31.0 Å². The molecule has 0 atom stereocenters. The van der Waals surface area contributed by atoms with E-state index in [1.54, 1.807) is 4.68 Å². The van der Waals surface area contributed by atoms with Crippen LogP contribution in [0.25, 0.3) is 0 Å². The van der Waals surface area contributed by atoms with Gasteiger partial charge in [-0.05, 0) is 43.2 Å². The van der Waals surface area contributed by atoms with Gasteiger partial charge in [0.15, 0.2) is 0 Å². The summed E-state index contributed by atoms with van der Waals surface area (Å²) in [7, 11) is 1.86. The minimum atomic E-state index is -0.0693. The summed E-state index contributed by atoms with van der Waals surface area (Å²) in [5, 5.41) is 10.5. The van der Waals surface area contributed by atoms with Gasteiger partial charge in [0.25, 0.3) is 5.91 Å². The molecule has 1 amide bonds. The molecule has 21 heavy (non-hydrogen) atoms. The Bertz CT molecular complexity index is 618. The third-order valence-electron chi connectivity index (χ3n) is 3.25. The molecule has 0 aliphatic rings. The maximum atomic E-state index is 12.2. The van der Waals surface area contributed by atoms with Crippen molar-refractivity contribution in [1.29, 1.82) is 0 Å².